The number of hydrogen-bond acceptors (Lipinski definition) is 6. The number of carboxylic acid groups (broad SMARTS) is 2. The van der Waals surface area contributed by atoms with Crippen LogP contribution >= 0.6 is 0 Å². The lowest BCUT2D eigenvalue weighted by Gasteiger charge is -2.07. The number of hydrogen-bond donors (Lipinski definition) is 2. The first kappa shape index (κ1) is 47.9. The van der Waals surface area contributed by atoms with Gasteiger partial charge in [0.05, 0.1) is 13.2 Å². The highest BCUT2D eigenvalue weighted by Crippen LogP contribution is 2.16. The van der Waals surface area contributed by atoms with Crippen molar-refractivity contribution in [3.8, 4) is 0 Å². The Morgan fingerprint density at radius 2 is 0.440 bits per heavy atom. The smallest absolute Gasteiger partial charge is 0.305 e. The van der Waals surface area contributed by atoms with E-state index in [1.54, 1.807) is 0 Å². The molecule has 0 rings (SSSR count). The third-order valence-corrected chi connectivity index (χ3v) is 9.61. The van der Waals surface area contributed by atoms with E-state index in [9.17, 15) is 19.2 Å². The molecule has 0 radical (unpaired) electrons. The van der Waals surface area contributed by atoms with Gasteiger partial charge in [-0.1, -0.05) is 167 Å². The molecule has 0 aromatic carbocycles. The van der Waals surface area contributed by atoms with Gasteiger partial charge in [-0.3, -0.25) is 19.2 Å². The molecule has 0 heterocycles. The second kappa shape index (κ2) is 39.7. The summed E-state index contributed by atoms with van der Waals surface area (Å²) in [5.41, 5.74) is 0. The summed E-state index contributed by atoms with van der Waals surface area (Å²) >= 11 is 0. The molecule has 0 aliphatic heterocycles. The molecule has 0 aliphatic rings. The Balaban J connectivity index is 3.26. The summed E-state index contributed by atoms with van der Waals surface area (Å²) < 4.78 is 10.7. The Bertz CT molecular complexity index is 720. The number of ether oxygens (including phenoxy) is 2. The second-order valence-electron chi connectivity index (χ2n) is 14.5. The minimum atomic E-state index is -0.681. The monoisotopic (exact) mass is 711 g/mol. The molecule has 0 bridgehead atoms. The molecule has 0 fully saturated rings. The van der Waals surface area contributed by atoms with E-state index in [-0.39, 0.29) is 11.9 Å². The molecule has 2 N–H and O–H groups in total. The van der Waals surface area contributed by atoms with Gasteiger partial charge in [-0.05, 0) is 38.5 Å². The van der Waals surface area contributed by atoms with E-state index in [4.69, 9.17) is 19.7 Å². The molecule has 0 saturated heterocycles. The lowest BCUT2D eigenvalue weighted by atomic mass is 10.0. The van der Waals surface area contributed by atoms with Crippen LogP contribution < -0.4 is 0 Å². The Morgan fingerprint density at radius 1 is 0.260 bits per heavy atom. The predicted octanol–water partition coefficient (Wildman–Crippen LogP) is 12.3. The SMILES string of the molecule is O=C(O)CCCCCCCCCCCCCCCCCC(=O)OCCCCOC(=O)CCCCCCCCCCCCCCCCCC(=O)O. The Hall–Kier alpha value is -2.12. The fourth-order valence-electron chi connectivity index (χ4n) is 6.41. The van der Waals surface area contributed by atoms with E-state index in [1.165, 1.54) is 128 Å². The van der Waals surface area contributed by atoms with Crippen LogP contribution in [0, 0.1) is 0 Å². The van der Waals surface area contributed by atoms with Crippen LogP contribution in [0.1, 0.15) is 231 Å². The number of carbonyl (C=O) groups excluding carboxylic acids is 2. The molecule has 0 spiro atoms. The van der Waals surface area contributed by atoms with Gasteiger partial charge in [-0.2, -0.15) is 0 Å². The van der Waals surface area contributed by atoms with Crippen molar-refractivity contribution in [3.63, 3.8) is 0 Å². The number of carboxylic acids is 2. The number of aliphatic carboxylic acids is 2. The minimum absolute atomic E-state index is 0.114. The van der Waals surface area contributed by atoms with E-state index < -0.39 is 11.9 Å². The van der Waals surface area contributed by atoms with Gasteiger partial charge in [0.15, 0.2) is 0 Å². The highest BCUT2D eigenvalue weighted by atomic mass is 16.5. The van der Waals surface area contributed by atoms with Gasteiger partial charge in [0.2, 0.25) is 0 Å². The fraction of sp³-hybridized carbons (Fsp3) is 0.905. The lowest BCUT2D eigenvalue weighted by Crippen LogP contribution is -2.08. The maximum absolute atomic E-state index is 12.0. The Labute approximate surface area is 306 Å². The highest BCUT2D eigenvalue weighted by molar-refractivity contribution is 5.69. The average molecular weight is 711 g/mol. The van der Waals surface area contributed by atoms with Crippen LogP contribution in [-0.2, 0) is 28.7 Å². The van der Waals surface area contributed by atoms with Crippen molar-refractivity contribution >= 4 is 23.9 Å². The lowest BCUT2D eigenvalue weighted by molar-refractivity contribution is -0.146. The molecule has 0 saturated carbocycles. The Kier molecular flexibility index (Phi) is 38.0. The second-order valence-corrected chi connectivity index (χ2v) is 14.5. The first-order valence-corrected chi connectivity index (χ1v) is 21.2. The first-order chi connectivity index (χ1) is 24.4. The third-order valence-electron chi connectivity index (χ3n) is 9.61. The standard InChI is InChI=1S/C42H78O8/c43-39(44)33-27-23-19-15-11-7-3-1-5-9-13-17-21-25-29-35-41(47)49-37-31-32-38-50-42(48)36-30-26-22-18-14-10-6-2-4-8-12-16-20-24-28-34-40(45)46/h1-38H2,(H,43,44)(H,45,46). The molecule has 0 unspecified atom stereocenters. The van der Waals surface area contributed by atoms with Crippen LogP contribution in [0.5, 0.6) is 0 Å². The maximum Gasteiger partial charge on any atom is 0.305 e. The third kappa shape index (κ3) is 42.0. The van der Waals surface area contributed by atoms with Gasteiger partial charge in [0, 0.05) is 25.7 Å². The molecule has 0 aromatic heterocycles. The van der Waals surface area contributed by atoms with Gasteiger partial charge in [0.25, 0.3) is 0 Å². The van der Waals surface area contributed by atoms with E-state index in [1.807, 2.05) is 0 Å². The fourth-order valence-corrected chi connectivity index (χ4v) is 6.41. The molecule has 0 aromatic rings. The van der Waals surface area contributed by atoms with Crippen LogP contribution in [-0.4, -0.2) is 47.3 Å². The zero-order valence-corrected chi connectivity index (χ0v) is 32.2. The van der Waals surface area contributed by atoms with E-state index >= 15 is 0 Å². The zero-order chi connectivity index (χ0) is 36.6. The predicted molar refractivity (Wildman–Crippen MR) is 203 cm³/mol. The summed E-state index contributed by atoms with van der Waals surface area (Å²) in [6, 6.07) is 0. The summed E-state index contributed by atoms with van der Waals surface area (Å²) in [5, 5.41) is 17.3. The molecule has 0 aliphatic carbocycles. The van der Waals surface area contributed by atoms with Gasteiger partial charge in [-0.25, -0.2) is 0 Å². The summed E-state index contributed by atoms with van der Waals surface area (Å²) in [4.78, 5) is 44.9. The molecule has 50 heavy (non-hydrogen) atoms. The van der Waals surface area contributed by atoms with Crippen molar-refractivity contribution < 1.29 is 38.9 Å². The average Bonchev–Trinajstić information content (AvgIpc) is 3.08. The van der Waals surface area contributed by atoms with Gasteiger partial charge < -0.3 is 19.7 Å². The minimum Gasteiger partial charge on any atom is -0.481 e. The summed E-state index contributed by atoms with van der Waals surface area (Å²) in [5.74, 6) is -1.59. The molecule has 294 valence electrons. The molecular weight excluding hydrogens is 632 g/mol. The normalized spacial score (nSPS) is 11.1. The van der Waals surface area contributed by atoms with Crippen molar-refractivity contribution in [1.82, 2.24) is 0 Å². The van der Waals surface area contributed by atoms with Gasteiger partial charge in [0.1, 0.15) is 0 Å². The van der Waals surface area contributed by atoms with Crippen LogP contribution in [0.4, 0.5) is 0 Å². The van der Waals surface area contributed by atoms with Gasteiger partial charge in [-0.15, -0.1) is 0 Å². The van der Waals surface area contributed by atoms with Crippen LogP contribution in [0.3, 0.4) is 0 Å². The molecule has 8 nitrogen and oxygen atoms in total. The number of rotatable bonds is 41. The van der Waals surface area contributed by atoms with Crippen molar-refractivity contribution in [2.24, 2.45) is 0 Å². The Morgan fingerprint density at radius 3 is 0.640 bits per heavy atom. The summed E-state index contributed by atoms with van der Waals surface area (Å²) in [6.45, 7) is 0.807. The van der Waals surface area contributed by atoms with Crippen LogP contribution in [0.25, 0.3) is 0 Å². The van der Waals surface area contributed by atoms with Crippen LogP contribution in [0.2, 0.25) is 0 Å². The zero-order valence-electron chi connectivity index (χ0n) is 32.2. The van der Waals surface area contributed by atoms with Crippen molar-refractivity contribution in [3.05, 3.63) is 0 Å². The van der Waals surface area contributed by atoms with Crippen LogP contribution in [0.15, 0.2) is 0 Å². The number of unbranched alkanes of at least 4 members (excludes halogenated alkanes) is 29. The first-order valence-electron chi connectivity index (χ1n) is 21.2. The number of carbonyl (C=O) groups is 4. The molecule has 0 atom stereocenters. The van der Waals surface area contributed by atoms with E-state index in [2.05, 4.69) is 0 Å². The summed E-state index contributed by atoms with van der Waals surface area (Å²) in [6.07, 6.45) is 38.6. The molecular formula is C42H78O8. The van der Waals surface area contributed by atoms with Crippen molar-refractivity contribution in [2.75, 3.05) is 13.2 Å². The molecule has 8 heteroatoms. The summed E-state index contributed by atoms with van der Waals surface area (Å²) in [7, 11) is 0. The van der Waals surface area contributed by atoms with E-state index in [0.29, 0.717) is 38.9 Å². The quantitative estimate of drug-likeness (QED) is 0.0474. The topological polar surface area (TPSA) is 127 Å². The molecule has 0 amide bonds. The highest BCUT2D eigenvalue weighted by Gasteiger charge is 2.05. The van der Waals surface area contributed by atoms with E-state index in [0.717, 1.165) is 77.0 Å². The largest absolute Gasteiger partial charge is 0.481 e. The van der Waals surface area contributed by atoms with Crippen molar-refractivity contribution in [1.29, 1.82) is 0 Å². The number of esters is 2. The maximum atomic E-state index is 12.0. The van der Waals surface area contributed by atoms with Crippen molar-refractivity contribution in [2.45, 2.75) is 231 Å². The van der Waals surface area contributed by atoms with Gasteiger partial charge >= 0.3 is 23.9 Å².